The molecule has 0 aliphatic heterocycles. The largest absolute Gasteiger partial charge is 0.497 e. The molecule has 0 amide bonds. The SMILES string of the molecule is COc1ccc(-c2nnc(NCc3ccc([S@@](C)=O)cc3)o2)cc1. The minimum Gasteiger partial charge on any atom is -0.497 e. The van der Waals surface area contributed by atoms with Crippen LogP contribution in [0.3, 0.4) is 0 Å². The van der Waals surface area contributed by atoms with Crippen molar-refractivity contribution >= 4 is 16.8 Å². The lowest BCUT2D eigenvalue weighted by Crippen LogP contribution is -1.99. The molecule has 1 aromatic heterocycles. The zero-order valence-electron chi connectivity index (χ0n) is 13.4. The summed E-state index contributed by atoms with van der Waals surface area (Å²) >= 11 is 0. The maximum atomic E-state index is 11.4. The number of rotatable bonds is 6. The minimum atomic E-state index is -0.968. The lowest BCUT2D eigenvalue weighted by atomic mass is 10.2. The molecular formula is C17H17N3O3S. The lowest BCUT2D eigenvalue weighted by molar-refractivity contribution is 0.415. The summed E-state index contributed by atoms with van der Waals surface area (Å²) in [5.41, 5.74) is 1.86. The van der Waals surface area contributed by atoms with Crippen LogP contribution in [0.25, 0.3) is 11.5 Å². The van der Waals surface area contributed by atoms with Crippen LogP contribution in [0.1, 0.15) is 5.56 Å². The summed E-state index contributed by atoms with van der Waals surface area (Å²) in [6.07, 6.45) is 1.66. The molecule has 0 radical (unpaired) electrons. The molecule has 0 saturated heterocycles. The van der Waals surface area contributed by atoms with Crippen molar-refractivity contribution in [3.05, 3.63) is 54.1 Å². The topological polar surface area (TPSA) is 77.3 Å². The van der Waals surface area contributed by atoms with E-state index in [1.54, 1.807) is 13.4 Å². The Labute approximate surface area is 142 Å². The summed E-state index contributed by atoms with van der Waals surface area (Å²) in [6, 6.07) is 15.3. The first-order chi connectivity index (χ1) is 11.7. The van der Waals surface area contributed by atoms with E-state index >= 15 is 0 Å². The smallest absolute Gasteiger partial charge is 0.316 e. The first-order valence-corrected chi connectivity index (χ1v) is 8.85. The molecule has 7 heteroatoms. The number of hydrogen-bond acceptors (Lipinski definition) is 6. The Hall–Kier alpha value is -2.67. The first kappa shape index (κ1) is 16.2. The monoisotopic (exact) mass is 343 g/mol. The van der Waals surface area contributed by atoms with E-state index in [1.807, 2.05) is 48.5 Å². The van der Waals surface area contributed by atoms with Crippen molar-refractivity contribution in [2.45, 2.75) is 11.4 Å². The van der Waals surface area contributed by atoms with E-state index in [0.29, 0.717) is 18.5 Å². The van der Waals surface area contributed by atoms with E-state index in [1.165, 1.54) is 0 Å². The molecule has 0 saturated carbocycles. The molecule has 0 fully saturated rings. The summed E-state index contributed by atoms with van der Waals surface area (Å²) in [7, 11) is 0.652. The van der Waals surface area contributed by atoms with Gasteiger partial charge in [-0.1, -0.05) is 17.2 Å². The van der Waals surface area contributed by atoms with Gasteiger partial charge in [0.25, 0.3) is 0 Å². The van der Waals surface area contributed by atoms with Crippen LogP contribution in [0.5, 0.6) is 5.75 Å². The molecule has 0 aliphatic rings. The van der Waals surface area contributed by atoms with E-state index in [0.717, 1.165) is 21.8 Å². The van der Waals surface area contributed by atoms with Crippen molar-refractivity contribution in [2.75, 3.05) is 18.7 Å². The molecule has 0 unspecified atom stereocenters. The molecule has 1 N–H and O–H groups in total. The van der Waals surface area contributed by atoms with Gasteiger partial charge in [0.2, 0.25) is 5.89 Å². The zero-order valence-corrected chi connectivity index (χ0v) is 14.2. The average Bonchev–Trinajstić information content (AvgIpc) is 3.09. The Kier molecular flexibility index (Phi) is 4.90. The molecule has 124 valence electrons. The number of nitrogens with zero attached hydrogens (tertiary/aromatic N) is 2. The fourth-order valence-electron chi connectivity index (χ4n) is 2.12. The molecule has 6 nitrogen and oxygen atoms in total. The molecule has 3 rings (SSSR count). The summed E-state index contributed by atoms with van der Waals surface area (Å²) in [6.45, 7) is 0.543. The van der Waals surface area contributed by atoms with Crippen LogP contribution in [0.2, 0.25) is 0 Å². The highest BCUT2D eigenvalue weighted by Crippen LogP contribution is 2.22. The van der Waals surface area contributed by atoms with Gasteiger partial charge in [0, 0.05) is 34.1 Å². The van der Waals surface area contributed by atoms with E-state index < -0.39 is 10.8 Å². The average molecular weight is 343 g/mol. The number of anilines is 1. The number of nitrogens with one attached hydrogen (secondary N) is 1. The molecule has 3 aromatic rings. The Morgan fingerprint density at radius 1 is 1.08 bits per heavy atom. The fourth-order valence-corrected chi connectivity index (χ4v) is 2.64. The lowest BCUT2D eigenvalue weighted by Gasteiger charge is -2.03. The number of hydrogen-bond donors (Lipinski definition) is 1. The second-order valence-electron chi connectivity index (χ2n) is 5.09. The Morgan fingerprint density at radius 2 is 1.79 bits per heavy atom. The normalized spacial score (nSPS) is 11.9. The first-order valence-electron chi connectivity index (χ1n) is 7.30. The molecule has 1 atom stereocenters. The molecule has 0 aliphatic carbocycles. The molecule has 1 heterocycles. The summed E-state index contributed by atoms with van der Waals surface area (Å²) in [5, 5.41) is 11.1. The van der Waals surface area contributed by atoms with Crippen LogP contribution in [-0.2, 0) is 17.3 Å². The third kappa shape index (κ3) is 3.80. The summed E-state index contributed by atoms with van der Waals surface area (Å²) in [4.78, 5) is 0.804. The van der Waals surface area contributed by atoms with Gasteiger partial charge in [-0.2, -0.15) is 0 Å². The van der Waals surface area contributed by atoms with Gasteiger partial charge < -0.3 is 14.5 Å². The highest BCUT2D eigenvalue weighted by molar-refractivity contribution is 7.84. The van der Waals surface area contributed by atoms with Crippen LogP contribution < -0.4 is 10.1 Å². The Balaban J connectivity index is 1.64. The van der Waals surface area contributed by atoms with E-state index in [-0.39, 0.29) is 0 Å². The van der Waals surface area contributed by atoms with Gasteiger partial charge in [-0.05, 0) is 42.0 Å². The second-order valence-corrected chi connectivity index (χ2v) is 6.47. The van der Waals surface area contributed by atoms with Crippen molar-refractivity contribution in [1.29, 1.82) is 0 Å². The van der Waals surface area contributed by atoms with Crippen molar-refractivity contribution < 1.29 is 13.4 Å². The quantitative estimate of drug-likeness (QED) is 0.741. The molecule has 24 heavy (non-hydrogen) atoms. The van der Waals surface area contributed by atoms with Gasteiger partial charge >= 0.3 is 6.01 Å². The van der Waals surface area contributed by atoms with Gasteiger partial charge in [0.05, 0.1) is 7.11 Å². The van der Waals surface area contributed by atoms with Gasteiger partial charge in [0.1, 0.15) is 5.75 Å². The zero-order chi connectivity index (χ0) is 16.9. The van der Waals surface area contributed by atoms with Crippen LogP contribution in [0.4, 0.5) is 6.01 Å². The summed E-state index contributed by atoms with van der Waals surface area (Å²) < 4.78 is 22.1. The standard InChI is InChI=1S/C17H17N3O3S/c1-22-14-7-5-13(6-8-14)16-19-20-17(23-16)18-11-12-3-9-15(10-4-12)24(2)21/h3-10H,11H2,1-2H3,(H,18,20)/t24-/m1/s1. The van der Waals surface area contributed by atoms with Crippen molar-refractivity contribution in [3.63, 3.8) is 0 Å². The highest BCUT2D eigenvalue weighted by atomic mass is 32.2. The molecular weight excluding hydrogens is 326 g/mol. The maximum Gasteiger partial charge on any atom is 0.316 e. The van der Waals surface area contributed by atoms with Crippen LogP contribution in [-0.4, -0.2) is 27.8 Å². The third-order valence-electron chi connectivity index (χ3n) is 3.46. The maximum absolute atomic E-state index is 11.4. The molecule has 0 spiro atoms. The fraction of sp³-hybridized carbons (Fsp3) is 0.176. The number of methoxy groups -OCH3 is 1. The Bertz CT molecular complexity index is 829. The Morgan fingerprint density at radius 3 is 2.42 bits per heavy atom. The van der Waals surface area contributed by atoms with E-state index in [2.05, 4.69) is 15.5 Å². The second kappa shape index (κ2) is 7.27. The number of ether oxygens (including phenoxy) is 1. The minimum absolute atomic E-state index is 0.351. The van der Waals surface area contributed by atoms with Crippen LogP contribution >= 0.6 is 0 Å². The van der Waals surface area contributed by atoms with E-state index in [4.69, 9.17) is 9.15 Å². The predicted molar refractivity (Wildman–Crippen MR) is 92.4 cm³/mol. The van der Waals surface area contributed by atoms with Gasteiger partial charge in [-0.3, -0.25) is 4.21 Å². The van der Waals surface area contributed by atoms with Crippen molar-refractivity contribution in [3.8, 4) is 17.2 Å². The molecule has 2 aromatic carbocycles. The van der Waals surface area contributed by atoms with Crippen molar-refractivity contribution in [2.24, 2.45) is 0 Å². The van der Waals surface area contributed by atoms with Crippen LogP contribution in [0.15, 0.2) is 57.8 Å². The molecule has 0 bridgehead atoms. The van der Waals surface area contributed by atoms with E-state index in [9.17, 15) is 4.21 Å². The van der Waals surface area contributed by atoms with Crippen LogP contribution in [0, 0.1) is 0 Å². The third-order valence-corrected chi connectivity index (χ3v) is 4.40. The van der Waals surface area contributed by atoms with Gasteiger partial charge in [0.15, 0.2) is 0 Å². The highest BCUT2D eigenvalue weighted by Gasteiger charge is 2.08. The predicted octanol–water partition coefficient (Wildman–Crippen LogP) is 3.09. The number of aromatic nitrogens is 2. The number of benzene rings is 2. The van der Waals surface area contributed by atoms with Gasteiger partial charge in [-0.25, -0.2) is 0 Å². The summed E-state index contributed by atoms with van der Waals surface area (Å²) in [5.74, 6) is 1.21. The van der Waals surface area contributed by atoms with Gasteiger partial charge in [-0.15, -0.1) is 5.10 Å². The van der Waals surface area contributed by atoms with Crippen molar-refractivity contribution in [1.82, 2.24) is 10.2 Å².